The van der Waals surface area contributed by atoms with E-state index < -0.39 is 11.6 Å². The van der Waals surface area contributed by atoms with Gasteiger partial charge in [0.15, 0.2) is 17.4 Å². The number of halogens is 2. The molecule has 1 aromatic heterocycles. The topological polar surface area (TPSA) is 38.1 Å². The summed E-state index contributed by atoms with van der Waals surface area (Å²) in [5.41, 5.74) is 0.793. The normalized spacial score (nSPS) is 11.2. The monoisotopic (exact) mass is 252 g/mol. The number of aromatic nitrogens is 1. The van der Waals surface area contributed by atoms with Gasteiger partial charge < -0.3 is 9.84 Å². The summed E-state index contributed by atoms with van der Waals surface area (Å²) in [6.07, 6.45) is 1.51. The largest absolute Gasteiger partial charge is 0.356 e. The van der Waals surface area contributed by atoms with E-state index in [1.807, 2.05) is 13.8 Å². The first kappa shape index (κ1) is 12.7. The van der Waals surface area contributed by atoms with Gasteiger partial charge in [-0.2, -0.15) is 0 Å². The SMILES string of the molecule is CC(C)NCc1cnoc1-c1cccc(F)c1F. The van der Waals surface area contributed by atoms with Crippen molar-refractivity contribution < 1.29 is 13.3 Å². The highest BCUT2D eigenvalue weighted by Crippen LogP contribution is 2.27. The Morgan fingerprint density at radius 3 is 2.83 bits per heavy atom. The summed E-state index contributed by atoms with van der Waals surface area (Å²) in [5, 5.41) is 6.82. The zero-order valence-corrected chi connectivity index (χ0v) is 10.2. The highest BCUT2D eigenvalue weighted by molar-refractivity contribution is 5.61. The van der Waals surface area contributed by atoms with Gasteiger partial charge in [0, 0.05) is 18.2 Å². The van der Waals surface area contributed by atoms with Gasteiger partial charge in [-0.05, 0) is 12.1 Å². The van der Waals surface area contributed by atoms with E-state index in [9.17, 15) is 8.78 Å². The number of nitrogens with one attached hydrogen (secondary N) is 1. The lowest BCUT2D eigenvalue weighted by atomic mass is 10.1. The second-order valence-corrected chi connectivity index (χ2v) is 4.32. The van der Waals surface area contributed by atoms with Gasteiger partial charge in [0.05, 0.1) is 11.8 Å². The number of nitrogens with zero attached hydrogens (tertiary/aromatic N) is 1. The summed E-state index contributed by atoms with van der Waals surface area (Å²) in [6.45, 7) is 4.48. The highest BCUT2D eigenvalue weighted by Gasteiger charge is 2.17. The Kier molecular flexibility index (Phi) is 3.72. The molecule has 1 heterocycles. The van der Waals surface area contributed by atoms with Gasteiger partial charge in [0.2, 0.25) is 0 Å². The molecule has 2 rings (SSSR count). The fourth-order valence-electron chi connectivity index (χ4n) is 1.60. The lowest BCUT2D eigenvalue weighted by Gasteiger charge is -2.07. The molecule has 0 spiro atoms. The number of rotatable bonds is 4. The molecule has 3 nitrogen and oxygen atoms in total. The fourth-order valence-corrected chi connectivity index (χ4v) is 1.60. The lowest BCUT2D eigenvalue weighted by Crippen LogP contribution is -2.21. The smallest absolute Gasteiger partial charge is 0.174 e. The van der Waals surface area contributed by atoms with Crippen LogP contribution in [0.5, 0.6) is 0 Å². The molecule has 0 unspecified atom stereocenters. The molecule has 1 aromatic carbocycles. The van der Waals surface area contributed by atoms with Crippen LogP contribution in [-0.4, -0.2) is 11.2 Å². The summed E-state index contributed by atoms with van der Waals surface area (Å²) < 4.78 is 31.8. The van der Waals surface area contributed by atoms with Crippen molar-refractivity contribution >= 4 is 0 Å². The molecule has 18 heavy (non-hydrogen) atoms. The Morgan fingerprint density at radius 2 is 2.11 bits per heavy atom. The van der Waals surface area contributed by atoms with E-state index in [2.05, 4.69) is 10.5 Å². The summed E-state index contributed by atoms with van der Waals surface area (Å²) >= 11 is 0. The van der Waals surface area contributed by atoms with Crippen LogP contribution in [0.1, 0.15) is 19.4 Å². The lowest BCUT2D eigenvalue weighted by molar-refractivity contribution is 0.426. The fraction of sp³-hybridized carbons (Fsp3) is 0.308. The molecule has 0 aliphatic heterocycles. The maximum atomic E-state index is 13.7. The van der Waals surface area contributed by atoms with Crippen molar-refractivity contribution in [2.75, 3.05) is 0 Å². The Balaban J connectivity index is 2.33. The van der Waals surface area contributed by atoms with Crippen molar-refractivity contribution in [3.63, 3.8) is 0 Å². The molecule has 5 heteroatoms. The molecule has 2 aromatic rings. The minimum atomic E-state index is -0.917. The zero-order valence-electron chi connectivity index (χ0n) is 10.2. The number of hydrogen-bond donors (Lipinski definition) is 1. The average molecular weight is 252 g/mol. The molecular weight excluding hydrogens is 238 g/mol. The van der Waals surface area contributed by atoms with Crippen molar-refractivity contribution in [1.29, 1.82) is 0 Å². The average Bonchev–Trinajstić information content (AvgIpc) is 2.78. The van der Waals surface area contributed by atoms with E-state index >= 15 is 0 Å². The van der Waals surface area contributed by atoms with Crippen LogP contribution in [0.15, 0.2) is 28.9 Å². The van der Waals surface area contributed by atoms with Gasteiger partial charge in [-0.25, -0.2) is 8.78 Å². The molecule has 0 aliphatic carbocycles. The second kappa shape index (κ2) is 5.27. The minimum absolute atomic E-state index is 0.0908. The van der Waals surface area contributed by atoms with Gasteiger partial charge in [-0.3, -0.25) is 0 Å². The standard InChI is InChI=1S/C13H14F2N2O/c1-8(2)16-6-9-7-17-18-13(9)10-4-3-5-11(14)12(10)15/h3-5,7-8,16H,6H2,1-2H3. The Morgan fingerprint density at radius 1 is 1.33 bits per heavy atom. The van der Waals surface area contributed by atoms with Crippen LogP contribution in [-0.2, 0) is 6.54 Å². The summed E-state index contributed by atoms with van der Waals surface area (Å²) in [6, 6.07) is 4.26. The summed E-state index contributed by atoms with van der Waals surface area (Å²) in [5.74, 6) is -1.55. The van der Waals surface area contributed by atoms with Crippen LogP contribution in [0.2, 0.25) is 0 Å². The first-order chi connectivity index (χ1) is 8.59. The molecule has 0 saturated carbocycles. The Hall–Kier alpha value is -1.75. The van der Waals surface area contributed by atoms with E-state index in [4.69, 9.17) is 4.52 Å². The molecule has 1 N–H and O–H groups in total. The third-order valence-corrected chi connectivity index (χ3v) is 2.54. The maximum Gasteiger partial charge on any atom is 0.174 e. The van der Waals surface area contributed by atoms with Gasteiger partial charge in [0.25, 0.3) is 0 Å². The van der Waals surface area contributed by atoms with Crippen molar-refractivity contribution in [1.82, 2.24) is 10.5 Å². The van der Waals surface area contributed by atoms with Crippen LogP contribution in [0.25, 0.3) is 11.3 Å². The van der Waals surface area contributed by atoms with E-state index in [1.54, 1.807) is 0 Å². The van der Waals surface area contributed by atoms with Gasteiger partial charge in [0.1, 0.15) is 0 Å². The van der Waals surface area contributed by atoms with Crippen molar-refractivity contribution in [2.45, 2.75) is 26.4 Å². The van der Waals surface area contributed by atoms with Crippen molar-refractivity contribution in [3.05, 3.63) is 41.6 Å². The van der Waals surface area contributed by atoms with Crippen LogP contribution in [0, 0.1) is 11.6 Å². The molecule has 0 aliphatic rings. The van der Waals surface area contributed by atoms with E-state index in [1.165, 1.54) is 18.3 Å². The number of hydrogen-bond acceptors (Lipinski definition) is 3. The van der Waals surface area contributed by atoms with Crippen LogP contribution in [0.4, 0.5) is 8.78 Å². The van der Waals surface area contributed by atoms with Gasteiger partial charge in [-0.1, -0.05) is 25.1 Å². The third kappa shape index (κ3) is 2.56. The quantitative estimate of drug-likeness (QED) is 0.908. The van der Waals surface area contributed by atoms with Crippen LogP contribution >= 0.6 is 0 Å². The first-order valence-corrected chi connectivity index (χ1v) is 5.71. The number of benzene rings is 1. The molecule has 96 valence electrons. The molecule has 0 bridgehead atoms. The zero-order chi connectivity index (χ0) is 13.1. The predicted octanol–water partition coefficient (Wildman–Crippen LogP) is 3.12. The second-order valence-electron chi connectivity index (χ2n) is 4.32. The van der Waals surface area contributed by atoms with Crippen molar-refractivity contribution in [3.8, 4) is 11.3 Å². The molecule has 0 atom stereocenters. The minimum Gasteiger partial charge on any atom is -0.356 e. The Labute approximate surface area is 104 Å². The van der Waals surface area contributed by atoms with Gasteiger partial charge >= 0.3 is 0 Å². The molecular formula is C13H14F2N2O. The van der Waals surface area contributed by atoms with Gasteiger partial charge in [-0.15, -0.1) is 0 Å². The molecule has 0 radical (unpaired) electrons. The first-order valence-electron chi connectivity index (χ1n) is 5.71. The van der Waals surface area contributed by atoms with Crippen LogP contribution < -0.4 is 5.32 Å². The highest BCUT2D eigenvalue weighted by atomic mass is 19.2. The van der Waals surface area contributed by atoms with E-state index in [-0.39, 0.29) is 17.4 Å². The third-order valence-electron chi connectivity index (χ3n) is 2.54. The maximum absolute atomic E-state index is 13.7. The van der Waals surface area contributed by atoms with Crippen molar-refractivity contribution in [2.24, 2.45) is 0 Å². The van der Waals surface area contributed by atoms with E-state index in [0.717, 1.165) is 6.07 Å². The predicted molar refractivity (Wildman–Crippen MR) is 63.8 cm³/mol. The molecule has 0 fully saturated rings. The molecule has 0 amide bonds. The van der Waals surface area contributed by atoms with E-state index in [0.29, 0.717) is 12.1 Å². The Bertz CT molecular complexity index is 538. The molecule has 0 saturated heterocycles. The van der Waals surface area contributed by atoms with Crippen LogP contribution in [0.3, 0.4) is 0 Å². The summed E-state index contributed by atoms with van der Waals surface area (Å²) in [4.78, 5) is 0. The summed E-state index contributed by atoms with van der Waals surface area (Å²) in [7, 11) is 0.